The molecule has 3 rings (SSSR count). The molecule has 0 fully saturated rings. The molecule has 132 valence electrons. The Bertz CT molecular complexity index is 912. The molecule has 1 heterocycles. The van der Waals surface area contributed by atoms with Crippen molar-refractivity contribution < 1.29 is 4.79 Å². The average molecular weight is 366 g/mol. The maximum atomic E-state index is 12.6. The van der Waals surface area contributed by atoms with E-state index in [9.17, 15) is 4.79 Å². The molecule has 0 aliphatic heterocycles. The Morgan fingerprint density at radius 3 is 2.62 bits per heavy atom. The van der Waals surface area contributed by atoms with Crippen LogP contribution in [0.4, 0.5) is 11.4 Å². The molecule has 1 aromatic heterocycles. The number of nitrogens with zero attached hydrogens (tertiary/aromatic N) is 1. The van der Waals surface area contributed by atoms with E-state index in [1.807, 2.05) is 37.3 Å². The Kier molecular flexibility index (Phi) is 5.54. The molecule has 2 aromatic carbocycles. The number of aromatic nitrogens is 1. The van der Waals surface area contributed by atoms with Gasteiger partial charge in [-0.3, -0.25) is 9.78 Å². The van der Waals surface area contributed by atoms with Gasteiger partial charge in [0.2, 0.25) is 0 Å². The summed E-state index contributed by atoms with van der Waals surface area (Å²) in [6.45, 7) is 3.94. The van der Waals surface area contributed by atoms with Crippen LogP contribution >= 0.6 is 11.6 Å². The number of amides is 1. The van der Waals surface area contributed by atoms with E-state index in [1.165, 1.54) is 0 Å². The lowest BCUT2D eigenvalue weighted by molar-refractivity contribution is 0.102. The van der Waals surface area contributed by atoms with Crippen molar-refractivity contribution in [3.63, 3.8) is 0 Å². The van der Waals surface area contributed by atoms with Gasteiger partial charge in [-0.1, -0.05) is 48.0 Å². The summed E-state index contributed by atoms with van der Waals surface area (Å²) in [4.78, 5) is 16.7. The number of benzene rings is 2. The van der Waals surface area contributed by atoms with Crippen LogP contribution in [0.25, 0.3) is 0 Å². The number of halogens is 1. The molecule has 5 heteroatoms. The third-order valence-corrected chi connectivity index (χ3v) is 4.61. The summed E-state index contributed by atoms with van der Waals surface area (Å²) in [6.07, 6.45) is 3.26. The number of pyridine rings is 1. The van der Waals surface area contributed by atoms with E-state index in [2.05, 4.69) is 34.7 Å². The lowest BCUT2D eigenvalue weighted by Crippen LogP contribution is -2.14. The second-order valence-corrected chi connectivity index (χ2v) is 6.51. The summed E-state index contributed by atoms with van der Waals surface area (Å²) in [5, 5.41) is 6.88. The van der Waals surface area contributed by atoms with Crippen LogP contribution in [0.1, 0.15) is 34.5 Å². The van der Waals surface area contributed by atoms with E-state index < -0.39 is 0 Å². The van der Waals surface area contributed by atoms with Crippen LogP contribution in [0.2, 0.25) is 5.02 Å². The Morgan fingerprint density at radius 1 is 1.08 bits per heavy atom. The van der Waals surface area contributed by atoms with Crippen molar-refractivity contribution in [1.29, 1.82) is 0 Å². The first-order chi connectivity index (χ1) is 12.5. The average Bonchev–Trinajstić information content (AvgIpc) is 2.66. The zero-order valence-electron chi connectivity index (χ0n) is 14.7. The molecular weight excluding hydrogens is 346 g/mol. The van der Waals surface area contributed by atoms with Crippen molar-refractivity contribution in [2.75, 3.05) is 10.6 Å². The molecule has 4 nitrogen and oxygen atoms in total. The van der Waals surface area contributed by atoms with Crippen LogP contribution in [-0.4, -0.2) is 10.9 Å². The second kappa shape index (κ2) is 8.02. The minimum Gasteiger partial charge on any atom is -0.377 e. The van der Waals surface area contributed by atoms with Crippen molar-refractivity contribution in [1.82, 2.24) is 4.98 Å². The van der Waals surface area contributed by atoms with Crippen molar-refractivity contribution in [2.45, 2.75) is 19.9 Å². The third-order valence-electron chi connectivity index (χ3n) is 4.20. The minimum atomic E-state index is -0.223. The van der Waals surface area contributed by atoms with Crippen LogP contribution in [-0.2, 0) is 0 Å². The first kappa shape index (κ1) is 18.0. The third kappa shape index (κ3) is 4.21. The lowest BCUT2D eigenvalue weighted by Gasteiger charge is -2.16. The maximum Gasteiger partial charge on any atom is 0.257 e. The molecule has 26 heavy (non-hydrogen) atoms. The molecule has 0 aliphatic carbocycles. The number of carbonyl (C=O) groups is 1. The highest BCUT2D eigenvalue weighted by atomic mass is 35.5. The molecule has 3 aromatic rings. The predicted octanol–water partition coefficient (Wildman–Crippen LogP) is 5.47. The monoisotopic (exact) mass is 365 g/mol. The van der Waals surface area contributed by atoms with Crippen LogP contribution in [0, 0.1) is 6.92 Å². The summed E-state index contributed by atoms with van der Waals surface area (Å²) >= 11 is 6.11. The number of rotatable bonds is 5. The van der Waals surface area contributed by atoms with Crippen molar-refractivity contribution >= 4 is 28.9 Å². The molecule has 0 saturated carbocycles. The highest BCUT2D eigenvalue weighted by Crippen LogP contribution is 2.24. The summed E-state index contributed by atoms with van der Waals surface area (Å²) in [5.74, 6) is -0.223. The van der Waals surface area contributed by atoms with Gasteiger partial charge in [0, 0.05) is 29.1 Å². The van der Waals surface area contributed by atoms with E-state index in [4.69, 9.17) is 11.6 Å². The van der Waals surface area contributed by atoms with Gasteiger partial charge >= 0.3 is 0 Å². The van der Waals surface area contributed by atoms with E-state index in [0.717, 1.165) is 16.8 Å². The first-order valence-electron chi connectivity index (χ1n) is 8.37. The van der Waals surface area contributed by atoms with Gasteiger partial charge in [-0.05, 0) is 43.2 Å². The Balaban J connectivity index is 1.74. The molecule has 2 N–H and O–H groups in total. The molecule has 1 unspecified atom stereocenters. The first-order valence-corrected chi connectivity index (χ1v) is 8.75. The highest BCUT2D eigenvalue weighted by molar-refractivity contribution is 6.31. The van der Waals surface area contributed by atoms with Crippen LogP contribution in [0.5, 0.6) is 0 Å². The van der Waals surface area contributed by atoms with Gasteiger partial charge in [-0.2, -0.15) is 0 Å². The fourth-order valence-corrected chi connectivity index (χ4v) is 2.83. The van der Waals surface area contributed by atoms with Crippen LogP contribution < -0.4 is 10.6 Å². The summed E-state index contributed by atoms with van der Waals surface area (Å²) in [7, 11) is 0. The number of hydrogen-bond acceptors (Lipinski definition) is 3. The van der Waals surface area contributed by atoms with Crippen molar-refractivity contribution in [2.24, 2.45) is 0 Å². The fourth-order valence-electron chi connectivity index (χ4n) is 2.66. The standard InChI is InChI=1S/C21H20ClN3O/c1-14-19(22)9-6-10-20(14)25-21(26)17-11-18(13-23-12-17)24-15(2)16-7-4-3-5-8-16/h3-13,15,24H,1-2H3,(H,25,26). The minimum absolute atomic E-state index is 0.103. The summed E-state index contributed by atoms with van der Waals surface area (Å²) in [6, 6.07) is 17.4. The topological polar surface area (TPSA) is 54.0 Å². The smallest absolute Gasteiger partial charge is 0.257 e. The van der Waals surface area contributed by atoms with Gasteiger partial charge in [0.15, 0.2) is 0 Å². The summed E-state index contributed by atoms with van der Waals surface area (Å²) in [5.41, 5.74) is 3.96. The van der Waals surface area contributed by atoms with Gasteiger partial charge in [0.25, 0.3) is 5.91 Å². The Labute approximate surface area is 158 Å². The van der Waals surface area contributed by atoms with Gasteiger partial charge in [0.1, 0.15) is 0 Å². The summed E-state index contributed by atoms with van der Waals surface area (Å²) < 4.78 is 0. The van der Waals surface area contributed by atoms with Gasteiger partial charge < -0.3 is 10.6 Å². The number of anilines is 2. The normalized spacial score (nSPS) is 11.7. The van der Waals surface area contributed by atoms with Crippen LogP contribution in [0.3, 0.4) is 0 Å². The van der Waals surface area contributed by atoms with Crippen LogP contribution in [0.15, 0.2) is 67.0 Å². The number of nitrogens with one attached hydrogen (secondary N) is 2. The number of carbonyl (C=O) groups excluding carboxylic acids is 1. The molecule has 0 radical (unpaired) electrons. The SMILES string of the molecule is Cc1c(Cl)cccc1NC(=O)c1cncc(NC(C)c2ccccc2)c1. The molecule has 1 amide bonds. The molecule has 0 spiro atoms. The molecule has 0 aliphatic rings. The fraction of sp³-hybridized carbons (Fsp3) is 0.143. The van der Waals surface area contributed by atoms with E-state index in [-0.39, 0.29) is 11.9 Å². The Hall–Kier alpha value is -2.85. The molecule has 0 saturated heterocycles. The highest BCUT2D eigenvalue weighted by Gasteiger charge is 2.11. The van der Waals surface area contributed by atoms with Gasteiger partial charge in [-0.15, -0.1) is 0 Å². The predicted molar refractivity (Wildman–Crippen MR) is 107 cm³/mol. The molecular formula is C21H20ClN3O. The largest absolute Gasteiger partial charge is 0.377 e. The van der Waals surface area contributed by atoms with E-state index >= 15 is 0 Å². The second-order valence-electron chi connectivity index (χ2n) is 6.11. The Morgan fingerprint density at radius 2 is 1.85 bits per heavy atom. The molecule has 1 atom stereocenters. The van der Waals surface area contributed by atoms with E-state index in [0.29, 0.717) is 16.3 Å². The van der Waals surface area contributed by atoms with Gasteiger partial charge in [-0.25, -0.2) is 0 Å². The number of hydrogen-bond donors (Lipinski definition) is 2. The lowest BCUT2D eigenvalue weighted by atomic mass is 10.1. The zero-order valence-corrected chi connectivity index (χ0v) is 15.4. The molecule has 0 bridgehead atoms. The van der Waals surface area contributed by atoms with Crippen molar-refractivity contribution in [3.8, 4) is 0 Å². The maximum absolute atomic E-state index is 12.6. The van der Waals surface area contributed by atoms with Gasteiger partial charge in [0.05, 0.1) is 11.3 Å². The van der Waals surface area contributed by atoms with Crippen molar-refractivity contribution in [3.05, 3.63) is 88.7 Å². The quantitative estimate of drug-likeness (QED) is 0.630. The zero-order chi connectivity index (χ0) is 18.5. The van der Waals surface area contributed by atoms with E-state index in [1.54, 1.807) is 24.5 Å².